The zero-order chi connectivity index (χ0) is 17.9. The van der Waals surface area contributed by atoms with Gasteiger partial charge in [-0.2, -0.15) is 0 Å². The quantitative estimate of drug-likeness (QED) is 0.893. The fourth-order valence-corrected chi connectivity index (χ4v) is 2.59. The molecule has 1 fully saturated rings. The molecule has 0 bridgehead atoms. The summed E-state index contributed by atoms with van der Waals surface area (Å²) in [5.74, 6) is -1.12. The van der Waals surface area contributed by atoms with Crippen LogP contribution in [0.4, 0.5) is 13.2 Å². The Morgan fingerprint density at radius 1 is 1.42 bits per heavy atom. The van der Waals surface area contributed by atoms with Crippen molar-refractivity contribution < 1.29 is 27.5 Å². The van der Waals surface area contributed by atoms with Crippen LogP contribution in [0.1, 0.15) is 25.8 Å². The van der Waals surface area contributed by atoms with Gasteiger partial charge in [0.1, 0.15) is 5.75 Å². The second kappa shape index (κ2) is 7.11. The number of nitrogens with one attached hydrogen (secondary N) is 1. The molecule has 1 aromatic carbocycles. The highest BCUT2D eigenvalue weighted by Gasteiger charge is 2.35. The lowest BCUT2D eigenvalue weighted by atomic mass is 10.1. The Morgan fingerprint density at radius 3 is 2.71 bits per heavy atom. The van der Waals surface area contributed by atoms with Crippen LogP contribution in [0.25, 0.3) is 0 Å². The molecule has 5 nitrogen and oxygen atoms in total. The number of hydrogen-bond acceptors (Lipinski definition) is 3. The Bertz CT molecular complexity index is 617. The molecule has 1 atom stereocenters. The standard InChI is InChI=1S/C16H19F3N2O3/c1-10(2)21-9-12(7-14(21)22)15(23)20-8-11-4-3-5-13(6-11)24-16(17,18)19/h3-6,10,12H,7-9H2,1-2H3,(H,20,23). The van der Waals surface area contributed by atoms with Crippen molar-refractivity contribution in [2.75, 3.05) is 6.54 Å². The Labute approximate surface area is 137 Å². The Kier molecular flexibility index (Phi) is 5.36. The topological polar surface area (TPSA) is 58.6 Å². The lowest BCUT2D eigenvalue weighted by Crippen LogP contribution is -2.35. The van der Waals surface area contributed by atoms with E-state index in [0.717, 1.165) is 0 Å². The van der Waals surface area contributed by atoms with Gasteiger partial charge in [-0.05, 0) is 31.5 Å². The summed E-state index contributed by atoms with van der Waals surface area (Å²) in [6.07, 6.45) is -4.60. The van der Waals surface area contributed by atoms with Crippen LogP contribution in [0.2, 0.25) is 0 Å². The summed E-state index contributed by atoms with van der Waals surface area (Å²) in [6, 6.07) is 5.45. The fourth-order valence-electron chi connectivity index (χ4n) is 2.59. The van der Waals surface area contributed by atoms with Gasteiger partial charge in [-0.25, -0.2) is 0 Å². The molecule has 1 aromatic rings. The van der Waals surface area contributed by atoms with Gasteiger partial charge < -0.3 is 15.0 Å². The summed E-state index contributed by atoms with van der Waals surface area (Å²) in [6.45, 7) is 4.19. The molecule has 1 unspecified atom stereocenters. The molecule has 0 saturated carbocycles. The number of amides is 2. The molecule has 1 aliphatic rings. The van der Waals surface area contributed by atoms with E-state index in [1.807, 2.05) is 13.8 Å². The molecular formula is C16H19F3N2O3. The van der Waals surface area contributed by atoms with Gasteiger partial charge in [-0.1, -0.05) is 12.1 Å². The summed E-state index contributed by atoms with van der Waals surface area (Å²) >= 11 is 0. The smallest absolute Gasteiger partial charge is 0.406 e. The van der Waals surface area contributed by atoms with E-state index in [0.29, 0.717) is 12.1 Å². The van der Waals surface area contributed by atoms with E-state index in [-0.39, 0.29) is 36.6 Å². The number of carbonyl (C=O) groups excluding carboxylic acids is 2. The number of hydrogen-bond donors (Lipinski definition) is 1. The van der Waals surface area contributed by atoms with Crippen LogP contribution < -0.4 is 10.1 Å². The Hall–Kier alpha value is -2.25. The van der Waals surface area contributed by atoms with Gasteiger partial charge in [0.15, 0.2) is 0 Å². The molecule has 2 rings (SSSR count). The van der Waals surface area contributed by atoms with E-state index in [9.17, 15) is 22.8 Å². The first kappa shape index (κ1) is 18.1. The van der Waals surface area contributed by atoms with E-state index in [2.05, 4.69) is 10.1 Å². The predicted molar refractivity (Wildman–Crippen MR) is 79.9 cm³/mol. The van der Waals surface area contributed by atoms with Gasteiger partial charge in [0.25, 0.3) is 0 Å². The minimum atomic E-state index is -4.76. The van der Waals surface area contributed by atoms with Crippen LogP contribution in [0.5, 0.6) is 5.75 Å². The Morgan fingerprint density at radius 2 is 2.12 bits per heavy atom. The largest absolute Gasteiger partial charge is 0.573 e. The van der Waals surface area contributed by atoms with Crippen LogP contribution in [0.3, 0.4) is 0 Å². The first-order valence-electron chi connectivity index (χ1n) is 7.57. The van der Waals surface area contributed by atoms with E-state index < -0.39 is 12.3 Å². The number of carbonyl (C=O) groups is 2. The van der Waals surface area contributed by atoms with E-state index in [1.165, 1.54) is 18.2 Å². The van der Waals surface area contributed by atoms with Crippen LogP contribution >= 0.6 is 0 Å². The zero-order valence-electron chi connectivity index (χ0n) is 13.4. The molecule has 24 heavy (non-hydrogen) atoms. The van der Waals surface area contributed by atoms with Crippen LogP contribution in [0.15, 0.2) is 24.3 Å². The SMILES string of the molecule is CC(C)N1CC(C(=O)NCc2cccc(OC(F)(F)F)c2)CC1=O. The van der Waals surface area contributed by atoms with Crippen LogP contribution in [-0.4, -0.2) is 35.7 Å². The molecule has 2 amide bonds. The molecule has 1 aliphatic heterocycles. The molecule has 8 heteroatoms. The van der Waals surface area contributed by atoms with Crippen molar-refractivity contribution in [1.82, 2.24) is 10.2 Å². The van der Waals surface area contributed by atoms with Gasteiger partial charge in [-0.15, -0.1) is 13.2 Å². The average Bonchev–Trinajstić information content (AvgIpc) is 2.85. The van der Waals surface area contributed by atoms with Gasteiger partial charge in [0, 0.05) is 25.6 Å². The lowest BCUT2D eigenvalue weighted by Gasteiger charge is -2.20. The van der Waals surface area contributed by atoms with Gasteiger partial charge in [-0.3, -0.25) is 9.59 Å². The molecule has 0 aliphatic carbocycles. The van der Waals surface area contributed by atoms with Gasteiger partial charge >= 0.3 is 6.36 Å². The molecule has 0 aromatic heterocycles. The van der Waals surface area contributed by atoms with Crippen molar-refractivity contribution in [3.05, 3.63) is 29.8 Å². The second-order valence-electron chi connectivity index (χ2n) is 5.95. The first-order valence-corrected chi connectivity index (χ1v) is 7.57. The van der Waals surface area contributed by atoms with Crippen molar-refractivity contribution in [3.63, 3.8) is 0 Å². The molecule has 1 saturated heterocycles. The third-order valence-electron chi connectivity index (χ3n) is 3.75. The van der Waals surface area contributed by atoms with Crippen LogP contribution in [0, 0.1) is 5.92 Å². The summed E-state index contributed by atoms with van der Waals surface area (Å²) in [7, 11) is 0. The van der Waals surface area contributed by atoms with E-state index in [1.54, 1.807) is 11.0 Å². The van der Waals surface area contributed by atoms with Crippen molar-refractivity contribution in [2.24, 2.45) is 5.92 Å². The van der Waals surface area contributed by atoms with Crippen molar-refractivity contribution >= 4 is 11.8 Å². The van der Waals surface area contributed by atoms with Crippen molar-refractivity contribution in [3.8, 4) is 5.75 Å². The van der Waals surface area contributed by atoms with Crippen molar-refractivity contribution in [1.29, 1.82) is 0 Å². The molecule has 1 N–H and O–H groups in total. The summed E-state index contributed by atoms with van der Waals surface area (Å²) < 4.78 is 40.4. The fraction of sp³-hybridized carbons (Fsp3) is 0.500. The number of rotatable bonds is 5. The Balaban J connectivity index is 1.91. The highest BCUT2D eigenvalue weighted by Crippen LogP contribution is 2.24. The summed E-state index contributed by atoms with van der Waals surface area (Å²) in [4.78, 5) is 25.6. The molecule has 0 spiro atoms. The third kappa shape index (κ3) is 4.87. The maximum absolute atomic E-state index is 12.2. The number of nitrogens with zero attached hydrogens (tertiary/aromatic N) is 1. The third-order valence-corrected chi connectivity index (χ3v) is 3.75. The number of benzene rings is 1. The highest BCUT2D eigenvalue weighted by molar-refractivity contribution is 5.89. The highest BCUT2D eigenvalue weighted by atomic mass is 19.4. The van der Waals surface area contributed by atoms with E-state index >= 15 is 0 Å². The minimum Gasteiger partial charge on any atom is -0.406 e. The summed E-state index contributed by atoms with van der Waals surface area (Å²) in [5, 5.41) is 2.66. The maximum atomic E-state index is 12.2. The van der Waals surface area contributed by atoms with Crippen molar-refractivity contribution in [2.45, 2.75) is 39.2 Å². The number of halogens is 3. The van der Waals surface area contributed by atoms with E-state index in [4.69, 9.17) is 0 Å². The normalized spacial score (nSPS) is 18.2. The average molecular weight is 344 g/mol. The zero-order valence-corrected chi connectivity index (χ0v) is 13.4. The monoisotopic (exact) mass is 344 g/mol. The maximum Gasteiger partial charge on any atom is 0.573 e. The van der Waals surface area contributed by atoms with Gasteiger partial charge in [0.05, 0.1) is 5.92 Å². The second-order valence-corrected chi connectivity index (χ2v) is 5.95. The number of ether oxygens (including phenoxy) is 1. The number of alkyl halides is 3. The molecule has 0 radical (unpaired) electrons. The first-order chi connectivity index (χ1) is 11.2. The summed E-state index contributed by atoms with van der Waals surface area (Å²) in [5.41, 5.74) is 0.482. The number of likely N-dealkylation sites (tertiary alicyclic amines) is 1. The minimum absolute atomic E-state index is 0.0338. The molecular weight excluding hydrogens is 325 g/mol. The predicted octanol–water partition coefficient (Wildman–Crippen LogP) is 2.46. The molecule has 132 valence electrons. The molecule has 1 heterocycles. The van der Waals surface area contributed by atoms with Crippen LogP contribution in [-0.2, 0) is 16.1 Å². The van der Waals surface area contributed by atoms with Gasteiger partial charge in [0.2, 0.25) is 11.8 Å². The lowest BCUT2D eigenvalue weighted by molar-refractivity contribution is -0.274.